The molecule has 1 atom stereocenters. The van der Waals surface area contributed by atoms with Gasteiger partial charge in [-0.05, 0) is 31.5 Å². The first kappa shape index (κ1) is 24.2. The van der Waals surface area contributed by atoms with E-state index in [0.29, 0.717) is 0 Å². The second-order valence-corrected chi connectivity index (χ2v) is 9.92. The number of amides is 1. The highest BCUT2D eigenvalue weighted by Gasteiger charge is 2.31. The van der Waals surface area contributed by atoms with Crippen LogP contribution in [0.1, 0.15) is 41.0 Å². The van der Waals surface area contributed by atoms with Crippen molar-refractivity contribution in [2.45, 2.75) is 36.8 Å². The van der Waals surface area contributed by atoms with Gasteiger partial charge in [0.25, 0.3) is 5.91 Å². The molecule has 2 aromatic carbocycles. The van der Waals surface area contributed by atoms with E-state index in [1.807, 2.05) is 30.3 Å². The molecule has 0 bridgehead atoms. The summed E-state index contributed by atoms with van der Waals surface area (Å²) in [6, 6.07) is 17.8. The van der Waals surface area contributed by atoms with Crippen molar-refractivity contribution in [2.75, 3.05) is 0 Å². The molecule has 174 valence electrons. The van der Waals surface area contributed by atoms with E-state index in [4.69, 9.17) is 10.5 Å². The molecule has 33 heavy (non-hydrogen) atoms. The SMILES string of the molecule is CC(C)NC(=O)c1c(OCc2ccccc2)c(=O)cc(C(N)S(=O)(=O)c2ccccc2)n1C. The highest BCUT2D eigenvalue weighted by Crippen LogP contribution is 2.26. The molecule has 1 amide bonds. The summed E-state index contributed by atoms with van der Waals surface area (Å²) in [7, 11) is -2.53. The van der Waals surface area contributed by atoms with Gasteiger partial charge in [-0.15, -0.1) is 0 Å². The Balaban J connectivity index is 2.10. The quantitative estimate of drug-likeness (QED) is 0.523. The summed E-state index contributed by atoms with van der Waals surface area (Å²) >= 11 is 0. The maximum atomic E-state index is 13.1. The van der Waals surface area contributed by atoms with E-state index in [1.54, 1.807) is 32.0 Å². The summed E-state index contributed by atoms with van der Waals surface area (Å²) in [5, 5.41) is 1.17. The first-order valence-electron chi connectivity index (χ1n) is 10.4. The lowest BCUT2D eigenvalue weighted by Gasteiger charge is -2.22. The minimum atomic E-state index is -4.02. The third-order valence-corrected chi connectivity index (χ3v) is 6.84. The number of ether oxygens (including phenoxy) is 1. The first-order chi connectivity index (χ1) is 15.6. The number of sulfone groups is 1. The van der Waals surface area contributed by atoms with Crippen LogP contribution in [-0.4, -0.2) is 24.9 Å². The molecule has 1 aromatic heterocycles. The zero-order valence-electron chi connectivity index (χ0n) is 18.7. The summed E-state index contributed by atoms with van der Waals surface area (Å²) < 4.78 is 33.2. The Bertz CT molecular complexity index is 1290. The number of aromatic nitrogens is 1. The third-order valence-electron chi connectivity index (χ3n) is 5.00. The van der Waals surface area contributed by atoms with Crippen LogP contribution in [0.2, 0.25) is 0 Å². The number of hydrogen-bond donors (Lipinski definition) is 2. The molecule has 0 aliphatic rings. The fraction of sp³-hybridized carbons (Fsp3) is 0.250. The average molecular weight is 470 g/mol. The van der Waals surface area contributed by atoms with Gasteiger partial charge in [0, 0.05) is 19.2 Å². The highest BCUT2D eigenvalue weighted by atomic mass is 32.2. The molecule has 0 aliphatic heterocycles. The van der Waals surface area contributed by atoms with E-state index < -0.39 is 26.5 Å². The van der Waals surface area contributed by atoms with Crippen LogP contribution in [0.5, 0.6) is 5.75 Å². The van der Waals surface area contributed by atoms with Gasteiger partial charge in [0.1, 0.15) is 6.61 Å². The Morgan fingerprint density at radius 3 is 2.21 bits per heavy atom. The largest absolute Gasteiger partial charge is 0.483 e. The molecular formula is C24H27N3O5S. The normalized spacial score (nSPS) is 12.4. The number of benzene rings is 2. The summed E-state index contributed by atoms with van der Waals surface area (Å²) in [5.74, 6) is -0.744. The number of nitrogens with two attached hydrogens (primary N) is 1. The van der Waals surface area contributed by atoms with Crippen LogP contribution in [0.25, 0.3) is 0 Å². The number of carbonyl (C=O) groups is 1. The fourth-order valence-corrected chi connectivity index (χ4v) is 4.71. The van der Waals surface area contributed by atoms with E-state index in [0.717, 1.165) is 11.6 Å². The van der Waals surface area contributed by atoms with Gasteiger partial charge in [-0.25, -0.2) is 8.42 Å². The van der Waals surface area contributed by atoms with Gasteiger partial charge in [-0.2, -0.15) is 0 Å². The van der Waals surface area contributed by atoms with Gasteiger partial charge in [-0.3, -0.25) is 9.59 Å². The molecule has 0 aliphatic carbocycles. The van der Waals surface area contributed by atoms with Crippen molar-refractivity contribution in [2.24, 2.45) is 12.8 Å². The highest BCUT2D eigenvalue weighted by molar-refractivity contribution is 7.91. The van der Waals surface area contributed by atoms with Crippen LogP contribution in [-0.2, 0) is 23.5 Å². The Morgan fingerprint density at radius 2 is 1.64 bits per heavy atom. The standard InChI is InChI=1S/C24H27N3O5S/c1-16(2)26-24(29)21-22(32-15-17-10-6-4-7-11-17)20(28)14-19(27(21)3)23(25)33(30,31)18-12-8-5-9-13-18/h4-14,16,23H,15,25H2,1-3H3,(H,26,29). The lowest BCUT2D eigenvalue weighted by atomic mass is 10.2. The maximum Gasteiger partial charge on any atom is 0.272 e. The Morgan fingerprint density at radius 1 is 1.06 bits per heavy atom. The lowest BCUT2D eigenvalue weighted by Crippen LogP contribution is -2.36. The number of carbonyl (C=O) groups excluding carboxylic acids is 1. The van der Waals surface area contributed by atoms with Crippen LogP contribution >= 0.6 is 0 Å². The van der Waals surface area contributed by atoms with Gasteiger partial charge in [-0.1, -0.05) is 48.5 Å². The van der Waals surface area contributed by atoms with Crippen LogP contribution in [0.3, 0.4) is 0 Å². The maximum absolute atomic E-state index is 13.1. The molecule has 0 saturated carbocycles. The van der Waals surface area contributed by atoms with Crippen molar-refractivity contribution in [3.05, 3.63) is 93.9 Å². The molecule has 0 saturated heterocycles. The fourth-order valence-electron chi connectivity index (χ4n) is 3.34. The monoisotopic (exact) mass is 469 g/mol. The summed E-state index contributed by atoms with van der Waals surface area (Å²) in [4.78, 5) is 26.1. The van der Waals surface area contributed by atoms with Crippen molar-refractivity contribution < 1.29 is 17.9 Å². The topological polar surface area (TPSA) is 120 Å². The van der Waals surface area contributed by atoms with Crippen molar-refractivity contribution in [1.82, 2.24) is 9.88 Å². The zero-order chi connectivity index (χ0) is 24.2. The molecule has 0 radical (unpaired) electrons. The van der Waals surface area contributed by atoms with Crippen LogP contribution in [0, 0.1) is 0 Å². The van der Waals surface area contributed by atoms with Crippen LogP contribution < -0.4 is 21.2 Å². The second-order valence-electron chi connectivity index (χ2n) is 7.85. The number of nitrogens with zero attached hydrogens (tertiary/aromatic N) is 1. The molecule has 0 spiro atoms. The van der Waals surface area contributed by atoms with Crippen molar-refractivity contribution in [3.8, 4) is 5.75 Å². The number of hydrogen-bond acceptors (Lipinski definition) is 6. The van der Waals surface area contributed by atoms with Crippen molar-refractivity contribution in [1.29, 1.82) is 0 Å². The van der Waals surface area contributed by atoms with Gasteiger partial charge >= 0.3 is 0 Å². The van der Waals surface area contributed by atoms with E-state index in [-0.39, 0.29) is 34.7 Å². The van der Waals surface area contributed by atoms with E-state index >= 15 is 0 Å². The van der Waals surface area contributed by atoms with Gasteiger partial charge in [0.05, 0.1) is 10.6 Å². The molecule has 3 N–H and O–H groups in total. The van der Waals surface area contributed by atoms with Gasteiger partial charge in [0.15, 0.2) is 26.7 Å². The molecule has 9 heteroatoms. The number of nitrogens with one attached hydrogen (secondary N) is 1. The van der Waals surface area contributed by atoms with Gasteiger partial charge < -0.3 is 20.4 Å². The molecule has 8 nitrogen and oxygen atoms in total. The molecule has 1 heterocycles. The molecule has 1 unspecified atom stereocenters. The van der Waals surface area contributed by atoms with E-state index in [9.17, 15) is 18.0 Å². The van der Waals surface area contributed by atoms with Crippen LogP contribution in [0.4, 0.5) is 0 Å². The lowest BCUT2D eigenvalue weighted by molar-refractivity contribution is 0.0927. The average Bonchev–Trinajstić information content (AvgIpc) is 2.79. The Kier molecular flexibility index (Phi) is 7.35. The summed E-state index contributed by atoms with van der Waals surface area (Å²) in [6.45, 7) is 3.61. The smallest absolute Gasteiger partial charge is 0.272 e. The van der Waals surface area contributed by atoms with E-state index in [1.165, 1.54) is 23.7 Å². The van der Waals surface area contributed by atoms with Crippen molar-refractivity contribution in [3.63, 3.8) is 0 Å². The predicted octanol–water partition coefficient (Wildman–Crippen LogP) is 2.53. The molecule has 3 rings (SSSR count). The number of rotatable bonds is 8. The zero-order valence-corrected chi connectivity index (χ0v) is 19.5. The van der Waals surface area contributed by atoms with Crippen molar-refractivity contribution >= 4 is 15.7 Å². The Hall–Kier alpha value is -3.43. The second kappa shape index (κ2) is 10.0. The van der Waals surface area contributed by atoms with E-state index in [2.05, 4.69) is 5.32 Å². The summed E-state index contributed by atoms with van der Waals surface area (Å²) in [5.41, 5.74) is 6.19. The Labute approximate surface area is 192 Å². The number of pyridine rings is 1. The van der Waals surface area contributed by atoms with Crippen LogP contribution in [0.15, 0.2) is 76.4 Å². The molecular weight excluding hydrogens is 442 g/mol. The van der Waals surface area contributed by atoms with Gasteiger partial charge in [0.2, 0.25) is 5.43 Å². The molecule has 3 aromatic rings. The minimum Gasteiger partial charge on any atom is -0.483 e. The third kappa shape index (κ3) is 5.32. The summed E-state index contributed by atoms with van der Waals surface area (Å²) in [6.07, 6.45) is 0. The first-order valence-corrected chi connectivity index (χ1v) is 11.9. The molecule has 0 fully saturated rings. The minimum absolute atomic E-state index is 0.0162. The predicted molar refractivity (Wildman–Crippen MR) is 126 cm³/mol.